The summed E-state index contributed by atoms with van der Waals surface area (Å²) in [7, 11) is 0. The van der Waals surface area contributed by atoms with Crippen LogP contribution in [-0.2, 0) is 0 Å². The van der Waals surface area contributed by atoms with Crippen molar-refractivity contribution in [1.82, 2.24) is 0 Å². The van der Waals surface area contributed by atoms with Crippen LogP contribution in [0.5, 0.6) is 0 Å². The Labute approximate surface area is 104 Å². The van der Waals surface area contributed by atoms with Crippen molar-refractivity contribution in [3.63, 3.8) is 0 Å². The molecule has 0 saturated heterocycles. The Morgan fingerprint density at radius 1 is 1.40 bits per heavy atom. The molecule has 1 nitrogen and oxygen atoms in total. The standard InChI is InChI=1S/C12H15BrClN/c1-8-4-2-6-10(8)15-11-7-3-5-9(14)12(11)13/h3,5,7-8,10,15H,2,4,6H2,1H3. The van der Waals surface area contributed by atoms with Crippen LogP contribution in [0, 0.1) is 5.92 Å². The van der Waals surface area contributed by atoms with E-state index in [0.717, 1.165) is 21.1 Å². The third-order valence-corrected chi connectivity index (χ3v) is 4.55. The fraction of sp³-hybridized carbons (Fsp3) is 0.500. The van der Waals surface area contributed by atoms with Crippen LogP contribution in [0.25, 0.3) is 0 Å². The molecule has 15 heavy (non-hydrogen) atoms. The van der Waals surface area contributed by atoms with Gasteiger partial charge in [-0.05, 0) is 46.8 Å². The number of halogens is 2. The van der Waals surface area contributed by atoms with E-state index in [1.165, 1.54) is 19.3 Å². The number of rotatable bonds is 2. The normalized spacial score (nSPS) is 25.5. The molecule has 0 amide bonds. The molecular formula is C12H15BrClN. The topological polar surface area (TPSA) is 12.0 Å². The lowest BCUT2D eigenvalue weighted by Crippen LogP contribution is -2.21. The molecule has 3 heteroatoms. The Morgan fingerprint density at radius 3 is 2.87 bits per heavy atom. The summed E-state index contributed by atoms with van der Waals surface area (Å²) in [6.07, 6.45) is 3.92. The zero-order valence-electron chi connectivity index (χ0n) is 8.76. The largest absolute Gasteiger partial charge is 0.381 e. The predicted octanol–water partition coefficient (Wildman–Crippen LogP) is 4.70. The fourth-order valence-corrected chi connectivity index (χ4v) is 2.73. The van der Waals surface area contributed by atoms with Gasteiger partial charge in [-0.3, -0.25) is 0 Å². The quantitative estimate of drug-likeness (QED) is 0.831. The van der Waals surface area contributed by atoms with Crippen molar-refractivity contribution in [1.29, 1.82) is 0 Å². The van der Waals surface area contributed by atoms with E-state index in [2.05, 4.69) is 34.2 Å². The molecule has 0 spiro atoms. The molecule has 2 unspecified atom stereocenters. The first-order chi connectivity index (χ1) is 7.18. The van der Waals surface area contributed by atoms with Gasteiger partial charge >= 0.3 is 0 Å². The van der Waals surface area contributed by atoms with Crippen LogP contribution in [0.15, 0.2) is 22.7 Å². The van der Waals surface area contributed by atoms with Crippen LogP contribution in [0.1, 0.15) is 26.2 Å². The van der Waals surface area contributed by atoms with Crippen molar-refractivity contribution >= 4 is 33.2 Å². The van der Waals surface area contributed by atoms with Crippen molar-refractivity contribution in [2.75, 3.05) is 5.32 Å². The number of anilines is 1. The molecule has 2 rings (SSSR count). The van der Waals surface area contributed by atoms with Crippen LogP contribution in [0.4, 0.5) is 5.69 Å². The fourth-order valence-electron chi connectivity index (χ4n) is 2.17. The maximum Gasteiger partial charge on any atom is 0.0593 e. The van der Waals surface area contributed by atoms with E-state index in [0.29, 0.717) is 6.04 Å². The summed E-state index contributed by atoms with van der Waals surface area (Å²) in [5, 5.41) is 4.34. The monoisotopic (exact) mass is 287 g/mol. The van der Waals surface area contributed by atoms with E-state index >= 15 is 0 Å². The lowest BCUT2D eigenvalue weighted by atomic mass is 10.1. The van der Waals surface area contributed by atoms with Crippen LogP contribution in [-0.4, -0.2) is 6.04 Å². The first kappa shape index (κ1) is 11.3. The molecule has 1 fully saturated rings. The van der Waals surface area contributed by atoms with Gasteiger partial charge in [0.05, 0.1) is 15.2 Å². The summed E-state index contributed by atoms with van der Waals surface area (Å²) >= 11 is 9.56. The molecule has 82 valence electrons. The highest BCUT2D eigenvalue weighted by atomic mass is 79.9. The van der Waals surface area contributed by atoms with E-state index in [-0.39, 0.29) is 0 Å². The zero-order valence-corrected chi connectivity index (χ0v) is 11.1. The first-order valence-electron chi connectivity index (χ1n) is 5.39. The number of hydrogen-bond donors (Lipinski definition) is 1. The minimum atomic E-state index is 0.597. The molecule has 2 atom stereocenters. The Kier molecular flexibility index (Phi) is 3.57. The smallest absolute Gasteiger partial charge is 0.0593 e. The maximum absolute atomic E-state index is 6.05. The Balaban J connectivity index is 2.13. The van der Waals surface area contributed by atoms with Crippen LogP contribution >= 0.6 is 27.5 Å². The molecule has 1 N–H and O–H groups in total. The van der Waals surface area contributed by atoms with Crippen molar-refractivity contribution in [2.45, 2.75) is 32.2 Å². The van der Waals surface area contributed by atoms with Gasteiger partial charge in [0.1, 0.15) is 0 Å². The molecular weight excluding hydrogens is 273 g/mol. The molecule has 1 aromatic rings. The predicted molar refractivity (Wildman–Crippen MR) is 69.6 cm³/mol. The first-order valence-corrected chi connectivity index (χ1v) is 6.56. The van der Waals surface area contributed by atoms with E-state index < -0.39 is 0 Å². The van der Waals surface area contributed by atoms with Gasteiger partial charge in [-0.15, -0.1) is 0 Å². The highest BCUT2D eigenvalue weighted by Gasteiger charge is 2.23. The van der Waals surface area contributed by atoms with Gasteiger partial charge in [0, 0.05) is 6.04 Å². The number of hydrogen-bond acceptors (Lipinski definition) is 1. The summed E-state index contributed by atoms with van der Waals surface area (Å²) in [6, 6.07) is 6.55. The summed E-state index contributed by atoms with van der Waals surface area (Å²) in [5.41, 5.74) is 1.11. The van der Waals surface area contributed by atoms with Crippen molar-refractivity contribution in [3.05, 3.63) is 27.7 Å². The molecule has 0 bridgehead atoms. The summed E-state index contributed by atoms with van der Waals surface area (Å²) < 4.78 is 0.978. The van der Waals surface area contributed by atoms with E-state index in [1.54, 1.807) is 0 Å². The zero-order chi connectivity index (χ0) is 10.8. The maximum atomic E-state index is 6.05. The van der Waals surface area contributed by atoms with Gasteiger partial charge in [0.25, 0.3) is 0 Å². The number of benzene rings is 1. The summed E-state index contributed by atoms with van der Waals surface area (Å²) in [6.45, 7) is 2.31. The molecule has 1 saturated carbocycles. The van der Waals surface area contributed by atoms with Gasteiger partial charge in [0.2, 0.25) is 0 Å². The van der Waals surface area contributed by atoms with Gasteiger partial charge in [-0.2, -0.15) is 0 Å². The minimum Gasteiger partial charge on any atom is -0.381 e. The Hall–Kier alpha value is -0.210. The second kappa shape index (κ2) is 4.75. The molecule has 0 aliphatic heterocycles. The lowest BCUT2D eigenvalue weighted by molar-refractivity contribution is 0.556. The summed E-state index contributed by atoms with van der Waals surface area (Å²) in [5.74, 6) is 0.760. The van der Waals surface area contributed by atoms with Gasteiger partial charge in [-0.25, -0.2) is 0 Å². The molecule has 0 heterocycles. The van der Waals surface area contributed by atoms with Gasteiger partial charge < -0.3 is 5.32 Å². The van der Waals surface area contributed by atoms with Crippen molar-refractivity contribution in [3.8, 4) is 0 Å². The Bertz CT molecular complexity index is 353. The van der Waals surface area contributed by atoms with Gasteiger partial charge in [0.15, 0.2) is 0 Å². The van der Waals surface area contributed by atoms with E-state index in [4.69, 9.17) is 11.6 Å². The van der Waals surface area contributed by atoms with Crippen LogP contribution in [0.3, 0.4) is 0 Å². The molecule has 0 radical (unpaired) electrons. The third kappa shape index (κ3) is 2.48. The van der Waals surface area contributed by atoms with Crippen molar-refractivity contribution < 1.29 is 0 Å². The molecule has 0 aromatic heterocycles. The number of nitrogens with one attached hydrogen (secondary N) is 1. The third-order valence-electron chi connectivity index (χ3n) is 3.15. The molecule has 1 aromatic carbocycles. The highest BCUT2D eigenvalue weighted by Crippen LogP contribution is 2.34. The second-order valence-electron chi connectivity index (χ2n) is 4.26. The van der Waals surface area contributed by atoms with E-state index in [9.17, 15) is 0 Å². The Morgan fingerprint density at radius 2 is 2.20 bits per heavy atom. The molecule has 1 aliphatic rings. The van der Waals surface area contributed by atoms with E-state index in [1.807, 2.05) is 12.1 Å². The van der Waals surface area contributed by atoms with Crippen molar-refractivity contribution in [2.24, 2.45) is 5.92 Å². The summed E-state index contributed by atoms with van der Waals surface area (Å²) in [4.78, 5) is 0. The SMILES string of the molecule is CC1CCCC1Nc1cccc(Cl)c1Br. The van der Waals surface area contributed by atoms with Gasteiger partial charge in [-0.1, -0.05) is 31.0 Å². The average molecular weight is 289 g/mol. The van der Waals surface area contributed by atoms with Crippen LogP contribution < -0.4 is 5.32 Å². The minimum absolute atomic E-state index is 0.597. The molecule has 1 aliphatic carbocycles. The van der Waals surface area contributed by atoms with Crippen LogP contribution in [0.2, 0.25) is 5.02 Å². The highest BCUT2D eigenvalue weighted by molar-refractivity contribution is 9.10. The lowest BCUT2D eigenvalue weighted by Gasteiger charge is -2.19. The average Bonchev–Trinajstić information content (AvgIpc) is 2.60. The second-order valence-corrected chi connectivity index (χ2v) is 5.46.